The summed E-state index contributed by atoms with van der Waals surface area (Å²) in [5, 5.41) is 41.8. The zero-order valence-corrected chi connectivity index (χ0v) is 25.5. The van der Waals surface area contributed by atoms with Crippen molar-refractivity contribution < 1.29 is 29.9 Å². The van der Waals surface area contributed by atoms with Crippen LogP contribution in [0.5, 0.6) is 0 Å². The minimum Gasteiger partial charge on any atom is -0.394 e. The second kappa shape index (κ2) is 11.9. The molecule has 6 N–H and O–H groups in total. The lowest BCUT2D eigenvalue weighted by Crippen LogP contribution is -2.63. The predicted octanol–water partition coefficient (Wildman–Crippen LogP) is 4.15. The third-order valence-electron chi connectivity index (χ3n) is 12.5. The number of ether oxygens (including phenoxy) is 2. The van der Waals surface area contributed by atoms with Crippen LogP contribution >= 0.6 is 0 Å². The van der Waals surface area contributed by atoms with Gasteiger partial charge in [-0.2, -0.15) is 0 Å². The molecule has 0 radical (unpaired) electrons. The standard InChI is InChI=1S/C33H57NO6/c1-18(2)7-6-8-19(3)22-9-10-23-27-24(12-14-33(22,23)5)32(4)13-11-21(15-20(32)16-25(27)36)39-31-28(34)30(38)29(37)26(17-35)40-31/h16,18-19,21-31,35-38H,6-15,17,34H2,1-5H3/t19-,21?,22-,23?,24?,25-,26-,27?,28-,29-,30-,31+,32+,33-/m1/s1. The fraction of sp³-hybridized carbons (Fsp3) is 0.939. The van der Waals surface area contributed by atoms with E-state index in [9.17, 15) is 20.4 Å². The molecule has 4 aliphatic carbocycles. The molecule has 0 aromatic carbocycles. The molecule has 0 aromatic heterocycles. The van der Waals surface area contributed by atoms with E-state index in [1.807, 2.05) is 0 Å². The summed E-state index contributed by atoms with van der Waals surface area (Å²) in [6, 6.07) is -0.888. The molecule has 0 bridgehead atoms. The van der Waals surface area contributed by atoms with Crippen molar-refractivity contribution in [2.75, 3.05) is 6.61 Å². The smallest absolute Gasteiger partial charge is 0.176 e. The highest BCUT2D eigenvalue weighted by Crippen LogP contribution is 2.67. The minimum atomic E-state index is -1.24. The van der Waals surface area contributed by atoms with Crippen LogP contribution in [-0.2, 0) is 9.47 Å². The molecule has 7 heteroatoms. The van der Waals surface area contributed by atoms with Crippen LogP contribution in [0.2, 0.25) is 0 Å². The van der Waals surface area contributed by atoms with Crippen molar-refractivity contribution in [3.63, 3.8) is 0 Å². The molecule has 3 saturated carbocycles. The maximum atomic E-state index is 11.7. The number of hydrogen-bond acceptors (Lipinski definition) is 7. The number of aliphatic hydroxyl groups excluding tert-OH is 4. The summed E-state index contributed by atoms with van der Waals surface area (Å²) in [5.41, 5.74) is 7.83. The Balaban J connectivity index is 1.28. The molecule has 14 atom stereocenters. The van der Waals surface area contributed by atoms with Crippen molar-refractivity contribution >= 4 is 0 Å². The Bertz CT molecular complexity index is 909. The fourth-order valence-corrected chi connectivity index (χ4v) is 10.2. The van der Waals surface area contributed by atoms with E-state index in [4.69, 9.17) is 15.2 Å². The van der Waals surface area contributed by atoms with Crippen LogP contribution in [0.1, 0.15) is 98.8 Å². The van der Waals surface area contributed by atoms with Crippen LogP contribution < -0.4 is 5.73 Å². The molecule has 0 aromatic rings. The molecule has 7 nitrogen and oxygen atoms in total. The van der Waals surface area contributed by atoms with Crippen molar-refractivity contribution in [2.45, 2.75) is 142 Å². The van der Waals surface area contributed by atoms with Gasteiger partial charge in [0.2, 0.25) is 0 Å². The Morgan fingerprint density at radius 3 is 2.45 bits per heavy atom. The van der Waals surface area contributed by atoms with Gasteiger partial charge >= 0.3 is 0 Å². The maximum absolute atomic E-state index is 11.7. The summed E-state index contributed by atoms with van der Waals surface area (Å²) in [7, 11) is 0. The minimum absolute atomic E-state index is 0.0605. The first-order valence-corrected chi connectivity index (χ1v) is 16.3. The Kier molecular flexibility index (Phi) is 9.16. The van der Waals surface area contributed by atoms with Crippen molar-refractivity contribution in [2.24, 2.45) is 52.1 Å². The number of nitrogens with two attached hydrogens (primary N) is 1. The summed E-state index contributed by atoms with van der Waals surface area (Å²) in [5.74, 6) is 3.68. The van der Waals surface area contributed by atoms with Gasteiger partial charge in [0.15, 0.2) is 6.29 Å². The number of fused-ring (bicyclic) bond motifs is 5. The zero-order valence-electron chi connectivity index (χ0n) is 25.5. The first kappa shape index (κ1) is 30.9. The second-order valence-electron chi connectivity index (χ2n) is 15.2. The van der Waals surface area contributed by atoms with E-state index in [1.165, 1.54) is 50.5 Å². The number of hydrogen-bond donors (Lipinski definition) is 5. The molecule has 0 spiro atoms. The van der Waals surface area contributed by atoms with Gasteiger partial charge in [-0.25, -0.2) is 0 Å². The molecule has 1 aliphatic heterocycles. The second-order valence-corrected chi connectivity index (χ2v) is 15.2. The van der Waals surface area contributed by atoms with Gasteiger partial charge in [-0.3, -0.25) is 0 Å². The first-order chi connectivity index (χ1) is 18.9. The van der Waals surface area contributed by atoms with Crippen LogP contribution in [0.15, 0.2) is 11.6 Å². The van der Waals surface area contributed by atoms with E-state index in [0.29, 0.717) is 29.6 Å². The number of aliphatic hydroxyl groups is 4. The highest BCUT2D eigenvalue weighted by atomic mass is 16.7. The van der Waals surface area contributed by atoms with E-state index in [-0.39, 0.29) is 11.5 Å². The predicted molar refractivity (Wildman–Crippen MR) is 155 cm³/mol. The van der Waals surface area contributed by atoms with Gasteiger partial charge in [-0.05, 0) is 91.3 Å². The maximum Gasteiger partial charge on any atom is 0.176 e. The lowest BCUT2D eigenvalue weighted by Gasteiger charge is -2.59. The molecule has 1 saturated heterocycles. The van der Waals surface area contributed by atoms with Gasteiger partial charge in [0.25, 0.3) is 0 Å². The highest BCUT2D eigenvalue weighted by Gasteiger charge is 2.61. The largest absolute Gasteiger partial charge is 0.394 e. The van der Waals surface area contributed by atoms with Crippen molar-refractivity contribution in [1.82, 2.24) is 0 Å². The highest BCUT2D eigenvalue weighted by molar-refractivity contribution is 5.28. The van der Waals surface area contributed by atoms with Gasteiger partial charge in [-0.1, -0.05) is 65.5 Å². The molecule has 5 aliphatic rings. The molecule has 40 heavy (non-hydrogen) atoms. The van der Waals surface area contributed by atoms with Crippen molar-refractivity contribution in [3.05, 3.63) is 11.6 Å². The van der Waals surface area contributed by atoms with Crippen LogP contribution in [0.4, 0.5) is 0 Å². The Morgan fingerprint density at radius 2 is 1.75 bits per heavy atom. The third-order valence-corrected chi connectivity index (χ3v) is 12.5. The van der Waals surface area contributed by atoms with Crippen LogP contribution in [0, 0.1) is 46.3 Å². The van der Waals surface area contributed by atoms with Crippen LogP contribution in [-0.4, -0.2) is 69.9 Å². The summed E-state index contributed by atoms with van der Waals surface area (Å²) < 4.78 is 12.0. The molecule has 230 valence electrons. The average Bonchev–Trinajstić information content (AvgIpc) is 3.26. The molecule has 1 heterocycles. The lowest BCUT2D eigenvalue weighted by atomic mass is 9.46. The van der Waals surface area contributed by atoms with E-state index in [1.54, 1.807) is 0 Å². The first-order valence-electron chi connectivity index (χ1n) is 16.3. The zero-order chi connectivity index (χ0) is 29.0. The lowest BCUT2D eigenvalue weighted by molar-refractivity contribution is -0.280. The normalized spacial score (nSPS) is 49.7. The Hall–Kier alpha value is -0.540. The summed E-state index contributed by atoms with van der Waals surface area (Å²) in [4.78, 5) is 0. The van der Waals surface area contributed by atoms with Gasteiger partial charge < -0.3 is 35.6 Å². The topological polar surface area (TPSA) is 125 Å². The van der Waals surface area contributed by atoms with E-state index < -0.39 is 43.4 Å². The van der Waals surface area contributed by atoms with E-state index in [0.717, 1.165) is 30.6 Å². The van der Waals surface area contributed by atoms with E-state index in [2.05, 4.69) is 40.7 Å². The Morgan fingerprint density at radius 1 is 1.00 bits per heavy atom. The fourth-order valence-electron chi connectivity index (χ4n) is 10.2. The van der Waals surface area contributed by atoms with Crippen molar-refractivity contribution in [1.29, 1.82) is 0 Å². The van der Waals surface area contributed by atoms with Gasteiger partial charge in [-0.15, -0.1) is 0 Å². The monoisotopic (exact) mass is 563 g/mol. The Labute approximate surface area is 241 Å². The average molecular weight is 564 g/mol. The summed E-state index contributed by atoms with van der Waals surface area (Å²) in [6.45, 7) is 11.7. The molecule has 5 rings (SSSR count). The molecule has 4 fully saturated rings. The summed E-state index contributed by atoms with van der Waals surface area (Å²) in [6.07, 6.45) is 8.88. The van der Waals surface area contributed by atoms with Gasteiger partial charge in [0, 0.05) is 0 Å². The molecule has 0 amide bonds. The summed E-state index contributed by atoms with van der Waals surface area (Å²) >= 11 is 0. The SMILES string of the molecule is CC(C)CCC[C@@H](C)[C@H]1CCC2C3C(CC[C@@]21C)[C@@]1(C)CCC(O[C@H]2O[C@H](CO)[C@@H](O)[C@H](O)[C@H]2N)CC1=C[C@H]3O. The van der Waals surface area contributed by atoms with Crippen LogP contribution in [0.25, 0.3) is 0 Å². The van der Waals surface area contributed by atoms with Crippen LogP contribution in [0.3, 0.4) is 0 Å². The van der Waals surface area contributed by atoms with Gasteiger partial charge in [0.05, 0.1) is 24.9 Å². The van der Waals surface area contributed by atoms with Gasteiger partial charge in [0.1, 0.15) is 18.3 Å². The third kappa shape index (κ3) is 5.35. The van der Waals surface area contributed by atoms with Crippen molar-refractivity contribution in [3.8, 4) is 0 Å². The molecular weight excluding hydrogens is 506 g/mol. The molecule has 4 unspecified atom stereocenters. The quantitative estimate of drug-likeness (QED) is 0.281. The molecular formula is C33H57NO6. The number of rotatable bonds is 8. The van der Waals surface area contributed by atoms with E-state index >= 15 is 0 Å².